The van der Waals surface area contributed by atoms with Crippen molar-refractivity contribution in [3.63, 3.8) is 0 Å². The number of likely N-dealkylation sites (tertiary alicyclic amines) is 1. The zero-order chi connectivity index (χ0) is 19.2. The average molecular weight is 376 g/mol. The van der Waals surface area contributed by atoms with Gasteiger partial charge in [-0.1, -0.05) is 36.4 Å². The van der Waals surface area contributed by atoms with Gasteiger partial charge in [0.1, 0.15) is 17.6 Å². The molecule has 1 N–H and O–H groups in total. The molecule has 6 heteroatoms. The van der Waals surface area contributed by atoms with Crippen LogP contribution in [0.1, 0.15) is 11.1 Å². The number of methoxy groups -OCH3 is 1. The largest absolute Gasteiger partial charge is 0.497 e. The van der Waals surface area contributed by atoms with Crippen LogP contribution in [0.15, 0.2) is 67.0 Å². The van der Waals surface area contributed by atoms with Crippen LogP contribution >= 0.6 is 0 Å². The molecular weight excluding hydrogens is 352 g/mol. The van der Waals surface area contributed by atoms with Gasteiger partial charge in [0, 0.05) is 50.2 Å². The van der Waals surface area contributed by atoms with E-state index < -0.39 is 0 Å². The summed E-state index contributed by atoms with van der Waals surface area (Å²) in [6.07, 6.45) is 3.98. The molecule has 1 aromatic heterocycles. The third kappa shape index (κ3) is 4.78. The van der Waals surface area contributed by atoms with Gasteiger partial charge in [0.05, 0.1) is 7.11 Å². The van der Waals surface area contributed by atoms with E-state index in [1.54, 1.807) is 7.11 Å². The van der Waals surface area contributed by atoms with E-state index in [1.807, 2.05) is 54.9 Å². The Morgan fingerprint density at radius 3 is 2.46 bits per heavy atom. The van der Waals surface area contributed by atoms with Crippen LogP contribution in [-0.2, 0) is 13.1 Å². The smallest absolute Gasteiger partial charge is 0.222 e. The molecule has 0 unspecified atom stereocenters. The minimum atomic E-state index is 0.208. The molecule has 6 nitrogen and oxygen atoms in total. The predicted octanol–water partition coefficient (Wildman–Crippen LogP) is 3.36. The first-order chi connectivity index (χ1) is 13.8. The number of ether oxygens (including phenoxy) is 2. The van der Waals surface area contributed by atoms with Crippen molar-refractivity contribution in [3.05, 3.63) is 78.1 Å². The second kappa shape index (κ2) is 8.71. The molecule has 2 heterocycles. The molecule has 28 heavy (non-hydrogen) atoms. The van der Waals surface area contributed by atoms with Crippen LogP contribution in [0.3, 0.4) is 0 Å². The number of rotatable bonds is 8. The van der Waals surface area contributed by atoms with E-state index in [0.29, 0.717) is 5.95 Å². The van der Waals surface area contributed by atoms with E-state index in [-0.39, 0.29) is 6.10 Å². The normalized spacial score (nSPS) is 14.3. The molecule has 4 rings (SSSR count). The Balaban J connectivity index is 1.21. The monoisotopic (exact) mass is 376 g/mol. The molecular formula is C22H24N4O2. The number of anilines is 1. The molecule has 1 aliphatic rings. The van der Waals surface area contributed by atoms with Crippen molar-refractivity contribution in [3.8, 4) is 11.5 Å². The van der Waals surface area contributed by atoms with Gasteiger partial charge in [-0.25, -0.2) is 9.97 Å². The highest BCUT2D eigenvalue weighted by atomic mass is 16.5. The molecule has 1 fully saturated rings. The Morgan fingerprint density at radius 2 is 1.71 bits per heavy atom. The van der Waals surface area contributed by atoms with Crippen molar-refractivity contribution in [2.45, 2.75) is 19.2 Å². The van der Waals surface area contributed by atoms with Gasteiger partial charge in [-0.2, -0.15) is 0 Å². The Morgan fingerprint density at radius 1 is 0.964 bits per heavy atom. The molecule has 0 spiro atoms. The number of hydrogen-bond acceptors (Lipinski definition) is 6. The van der Waals surface area contributed by atoms with Crippen LogP contribution in [0.25, 0.3) is 0 Å². The van der Waals surface area contributed by atoms with Gasteiger partial charge in [-0.05, 0) is 17.7 Å². The summed E-state index contributed by atoms with van der Waals surface area (Å²) >= 11 is 0. The van der Waals surface area contributed by atoms with Crippen molar-refractivity contribution in [1.82, 2.24) is 14.9 Å². The highest BCUT2D eigenvalue weighted by Gasteiger charge is 2.28. The molecule has 0 aliphatic carbocycles. The average Bonchev–Trinajstić information content (AvgIpc) is 2.72. The fraction of sp³-hybridized carbons (Fsp3) is 0.273. The fourth-order valence-corrected chi connectivity index (χ4v) is 3.16. The highest BCUT2D eigenvalue weighted by Crippen LogP contribution is 2.23. The summed E-state index contributed by atoms with van der Waals surface area (Å²) in [6, 6.07) is 17.9. The number of benzene rings is 2. The Labute approximate surface area is 165 Å². The molecule has 0 atom stereocenters. The van der Waals surface area contributed by atoms with E-state index >= 15 is 0 Å². The summed E-state index contributed by atoms with van der Waals surface area (Å²) in [6.45, 7) is 3.34. The standard InChI is InChI=1S/C22H24N4O2/c1-27-19-8-5-9-20(10-19)28-21-15-26(16-21)14-18-12-24-22(25-13-18)23-11-17-6-3-2-4-7-17/h2-10,12-13,21H,11,14-16H2,1H3,(H,23,24,25). The summed E-state index contributed by atoms with van der Waals surface area (Å²) in [7, 11) is 1.66. The summed E-state index contributed by atoms with van der Waals surface area (Å²) in [5, 5.41) is 3.25. The first-order valence-electron chi connectivity index (χ1n) is 9.40. The molecule has 0 bridgehead atoms. The molecule has 0 radical (unpaired) electrons. The maximum Gasteiger partial charge on any atom is 0.222 e. The van der Waals surface area contributed by atoms with E-state index in [2.05, 4.69) is 32.3 Å². The molecule has 144 valence electrons. The quantitative estimate of drug-likeness (QED) is 0.651. The van der Waals surface area contributed by atoms with E-state index in [4.69, 9.17) is 9.47 Å². The van der Waals surface area contributed by atoms with Crippen LogP contribution in [0.5, 0.6) is 11.5 Å². The lowest BCUT2D eigenvalue weighted by atomic mass is 10.1. The van der Waals surface area contributed by atoms with Crippen LogP contribution < -0.4 is 14.8 Å². The van der Waals surface area contributed by atoms with E-state index in [0.717, 1.165) is 43.2 Å². The second-order valence-corrected chi connectivity index (χ2v) is 6.87. The van der Waals surface area contributed by atoms with Gasteiger partial charge in [0.2, 0.25) is 5.95 Å². The first-order valence-corrected chi connectivity index (χ1v) is 9.40. The van der Waals surface area contributed by atoms with Gasteiger partial charge < -0.3 is 14.8 Å². The molecule has 0 amide bonds. The predicted molar refractivity (Wildman–Crippen MR) is 108 cm³/mol. The summed E-state index contributed by atoms with van der Waals surface area (Å²) in [5.41, 5.74) is 2.31. The minimum Gasteiger partial charge on any atom is -0.497 e. The number of aromatic nitrogens is 2. The third-order valence-electron chi connectivity index (χ3n) is 4.67. The van der Waals surface area contributed by atoms with Crippen molar-refractivity contribution in [2.24, 2.45) is 0 Å². The SMILES string of the molecule is COc1cccc(OC2CN(Cc3cnc(NCc4ccccc4)nc3)C2)c1. The van der Waals surface area contributed by atoms with Gasteiger partial charge in [-0.15, -0.1) is 0 Å². The van der Waals surface area contributed by atoms with Crippen molar-refractivity contribution < 1.29 is 9.47 Å². The second-order valence-electron chi connectivity index (χ2n) is 6.87. The summed E-state index contributed by atoms with van der Waals surface area (Å²) in [4.78, 5) is 11.2. The van der Waals surface area contributed by atoms with Crippen molar-refractivity contribution in [2.75, 3.05) is 25.5 Å². The lowest BCUT2D eigenvalue weighted by Crippen LogP contribution is -2.53. The molecule has 1 aliphatic heterocycles. The zero-order valence-corrected chi connectivity index (χ0v) is 15.9. The zero-order valence-electron chi connectivity index (χ0n) is 15.9. The van der Waals surface area contributed by atoms with Crippen molar-refractivity contribution in [1.29, 1.82) is 0 Å². The van der Waals surface area contributed by atoms with Crippen LogP contribution in [0.2, 0.25) is 0 Å². The molecule has 3 aromatic rings. The van der Waals surface area contributed by atoms with Crippen LogP contribution in [0, 0.1) is 0 Å². The van der Waals surface area contributed by atoms with Crippen LogP contribution in [-0.4, -0.2) is 41.2 Å². The summed E-state index contributed by atoms with van der Waals surface area (Å²) in [5.74, 6) is 2.31. The van der Waals surface area contributed by atoms with E-state index in [9.17, 15) is 0 Å². The van der Waals surface area contributed by atoms with Gasteiger partial charge in [0.15, 0.2) is 0 Å². The lowest BCUT2D eigenvalue weighted by molar-refractivity contribution is 0.0143. The first kappa shape index (κ1) is 18.3. The molecule has 2 aromatic carbocycles. The minimum absolute atomic E-state index is 0.208. The van der Waals surface area contributed by atoms with Gasteiger partial charge in [-0.3, -0.25) is 4.90 Å². The number of nitrogens with one attached hydrogen (secondary N) is 1. The van der Waals surface area contributed by atoms with Crippen molar-refractivity contribution >= 4 is 5.95 Å². The maximum atomic E-state index is 5.99. The highest BCUT2D eigenvalue weighted by molar-refractivity contribution is 5.33. The van der Waals surface area contributed by atoms with Crippen LogP contribution in [0.4, 0.5) is 5.95 Å². The van der Waals surface area contributed by atoms with Gasteiger partial charge in [0.25, 0.3) is 0 Å². The third-order valence-corrected chi connectivity index (χ3v) is 4.67. The Hall–Kier alpha value is -3.12. The molecule has 0 saturated carbocycles. The number of hydrogen-bond donors (Lipinski definition) is 1. The molecule has 1 saturated heterocycles. The number of nitrogens with zero attached hydrogens (tertiary/aromatic N) is 3. The Bertz CT molecular complexity index is 881. The fourth-order valence-electron chi connectivity index (χ4n) is 3.16. The maximum absolute atomic E-state index is 5.99. The lowest BCUT2D eigenvalue weighted by Gasteiger charge is -2.38. The Kier molecular flexibility index (Phi) is 5.68. The van der Waals surface area contributed by atoms with E-state index in [1.165, 1.54) is 5.56 Å². The topological polar surface area (TPSA) is 59.5 Å². The van der Waals surface area contributed by atoms with Gasteiger partial charge >= 0.3 is 0 Å². The summed E-state index contributed by atoms with van der Waals surface area (Å²) < 4.78 is 11.2.